The smallest absolute Gasteiger partial charge is 0.279 e. The number of carbonyl (C=O) groups is 1. The minimum absolute atomic E-state index is 0.129. The number of carbonyl (C=O) groups excluding carboxylic acids is 1. The number of nitrogens with two attached hydrogens (primary N) is 1. The molecule has 0 saturated heterocycles. The molecular formula is C17H21N2O3S+. The van der Waals surface area contributed by atoms with E-state index in [0.29, 0.717) is 5.69 Å². The number of nitrogens with one attached hydrogen (secondary N) is 1. The SMILES string of the molecule is C[C@H]([NH2+]CC(=O)Nc1ccccc1S(C)(=O)=O)c1ccccc1. The average Bonchev–Trinajstić information content (AvgIpc) is 2.53. The first-order chi connectivity index (χ1) is 10.9. The number of rotatable bonds is 6. The second-order valence-corrected chi connectivity index (χ2v) is 7.44. The largest absolute Gasteiger partial charge is 0.333 e. The van der Waals surface area contributed by atoms with E-state index < -0.39 is 9.84 Å². The highest BCUT2D eigenvalue weighted by atomic mass is 32.2. The van der Waals surface area contributed by atoms with Crippen LogP contribution >= 0.6 is 0 Å². The molecule has 0 radical (unpaired) electrons. The lowest BCUT2D eigenvalue weighted by Gasteiger charge is -2.12. The number of quaternary nitrogens is 1. The van der Waals surface area contributed by atoms with Gasteiger partial charge < -0.3 is 10.6 Å². The molecule has 0 fully saturated rings. The molecule has 0 aliphatic heterocycles. The summed E-state index contributed by atoms with van der Waals surface area (Å²) in [5.74, 6) is -0.233. The van der Waals surface area contributed by atoms with Crippen molar-refractivity contribution in [2.75, 3.05) is 18.1 Å². The zero-order valence-electron chi connectivity index (χ0n) is 13.2. The summed E-state index contributed by atoms with van der Waals surface area (Å²) in [5, 5.41) is 4.58. The first-order valence-corrected chi connectivity index (χ1v) is 9.24. The van der Waals surface area contributed by atoms with Gasteiger partial charge in [-0.3, -0.25) is 4.79 Å². The van der Waals surface area contributed by atoms with Gasteiger partial charge in [0.25, 0.3) is 5.91 Å². The average molecular weight is 333 g/mol. The highest BCUT2D eigenvalue weighted by molar-refractivity contribution is 7.90. The van der Waals surface area contributed by atoms with Crippen LogP contribution in [-0.4, -0.2) is 27.1 Å². The van der Waals surface area contributed by atoms with E-state index in [1.165, 1.54) is 6.07 Å². The number of anilines is 1. The van der Waals surface area contributed by atoms with Crippen LogP contribution in [0, 0.1) is 0 Å². The molecule has 0 aliphatic rings. The Morgan fingerprint density at radius 2 is 1.70 bits per heavy atom. The zero-order chi connectivity index (χ0) is 16.9. The number of hydrogen-bond acceptors (Lipinski definition) is 3. The van der Waals surface area contributed by atoms with Crippen LogP contribution in [0.3, 0.4) is 0 Å². The summed E-state index contributed by atoms with van der Waals surface area (Å²) in [5.41, 5.74) is 1.46. The van der Waals surface area contributed by atoms with Crippen LogP contribution in [0.5, 0.6) is 0 Å². The molecule has 0 bridgehead atoms. The molecule has 5 nitrogen and oxygen atoms in total. The highest BCUT2D eigenvalue weighted by Gasteiger charge is 2.16. The van der Waals surface area contributed by atoms with Crippen molar-refractivity contribution in [2.45, 2.75) is 17.9 Å². The minimum Gasteiger partial charge on any atom is -0.333 e. The maximum Gasteiger partial charge on any atom is 0.279 e. The number of benzene rings is 2. The molecule has 0 aromatic heterocycles. The van der Waals surface area contributed by atoms with Gasteiger partial charge in [-0.1, -0.05) is 42.5 Å². The number of sulfone groups is 1. The van der Waals surface area contributed by atoms with Crippen LogP contribution in [0.15, 0.2) is 59.5 Å². The number of amides is 1. The van der Waals surface area contributed by atoms with Gasteiger partial charge in [-0.2, -0.15) is 0 Å². The summed E-state index contributed by atoms with van der Waals surface area (Å²) < 4.78 is 23.5. The molecule has 0 saturated carbocycles. The third-order valence-corrected chi connectivity index (χ3v) is 4.70. The summed E-state index contributed by atoms with van der Waals surface area (Å²) in [7, 11) is -3.38. The molecule has 1 amide bonds. The van der Waals surface area contributed by atoms with Crippen LogP contribution in [0.2, 0.25) is 0 Å². The number of para-hydroxylation sites is 1. The fourth-order valence-electron chi connectivity index (χ4n) is 2.27. The molecule has 1 atom stereocenters. The standard InChI is InChI=1S/C17H20N2O3S/c1-13(14-8-4-3-5-9-14)18-12-17(20)19-15-10-6-7-11-16(15)23(2,21)22/h3-11,13,18H,12H2,1-2H3,(H,19,20)/p+1/t13-/m0/s1. The normalized spacial score (nSPS) is 12.6. The quantitative estimate of drug-likeness (QED) is 0.837. The lowest BCUT2D eigenvalue weighted by molar-refractivity contribution is -0.682. The van der Waals surface area contributed by atoms with E-state index in [9.17, 15) is 13.2 Å². The predicted molar refractivity (Wildman–Crippen MR) is 89.8 cm³/mol. The van der Waals surface area contributed by atoms with Crippen LogP contribution in [-0.2, 0) is 14.6 Å². The van der Waals surface area contributed by atoms with Crippen molar-refractivity contribution in [1.82, 2.24) is 0 Å². The first kappa shape index (κ1) is 17.2. The molecule has 3 N–H and O–H groups in total. The molecule has 0 spiro atoms. The fraction of sp³-hybridized carbons (Fsp3) is 0.235. The Morgan fingerprint density at radius 3 is 2.35 bits per heavy atom. The summed E-state index contributed by atoms with van der Waals surface area (Å²) in [6, 6.07) is 16.4. The van der Waals surface area contributed by atoms with Crippen molar-refractivity contribution in [2.24, 2.45) is 0 Å². The van der Waals surface area contributed by atoms with E-state index in [-0.39, 0.29) is 23.4 Å². The Balaban J connectivity index is 1.99. The molecule has 122 valence electrons. The maximum atomic E-state index is 12.1. The van der Waals surface area contributed by atoms with Gasteiger partial charge >= 0.3 is 0 Å². The molecular weight excluding hydrogens is 312 g/mol. The Kier molecular flexibility index (Phi) is 5.52. The van der Waals surface area contributed by atoms with Gasteiger partial charge in [-0.05, 0) is 19.1 Å². The molecule has 2 aromatic rings. The molecule has 0 heterocycles. The predicted octanol–water partition coefficient (Wildman–Crippen LogP) is 1.35. The third-order valence-electron chi connectivity index (χ3n) is 3.54. The zero-order valence-corrected chi connectivity index (χ0v) is 14.0. The van der Waals surface area contributed by atoms with Gasteiger partial charge in [0.1, 0.15) is 6.04 Å². The summed E-state index contributed by atoms with van der Waals surface area (Å²) in [4.78, 5) is 12.2. The maximum absolute atomic E-state index is 12.1. The lowest BCUT2D eigenvalue weighted by atomic mass is 10.1. The van der Waals surface area contributed by atoms with E-state index in [2.05, 4.69) is 5.32 Å². The van der Waals surface area contributed by atoms with Gasteiger partial charge in [0.15, 0.2) is 16.4 Å². The Hall–Kier alpha value is -2.18. The molecule has 2 aromatic carbocycles. The lowest BCUT2D eigenvalue weighted by Crippen LogP contribution is -2.86. The van der Waals surface area contributed by atoms with Crippen LogP contribution < -0.4 is 10.6 Å². The van der Waals surface area contributed by atoms with Crippen LogP contribution in [0.25, 0.3) is 0 Å². The summed E-state index contributed by atoms with van der Waals surface area (Å²) >= 11 is 0. The van der Waals surface area contributed by atoms with Crippen molar-refractivity contribution in [1.29, 1.82) is 0 Å². The second kappa shape index (κ2) is 7.39. The minimum atomic E-state index is -3.38. The van der Waals surface area contributed by atoms with Crippen LogP contribution in [0.4, 0.5) is 5.69 Å². The van der Waals surface area contributed by atoms with Crippen molar-refractivity contribution in [3.63, 3.8) is 0 Å². The molecule has 0 aliphatic carbocycles. The summed E-state index contributed by atoms with van der Waals surface area (Å²) in [6.45, 7) is 2.24. The molecule has 0 unspecified atom stereocenters. The topological polar surface area (TPSA) is 79.8 Å². The monoisotopic (exact) mass is 333 g/mol. The van der Waals surface area contributed by atoms with E-state index in [1.807, 2.05) is 42.6 Å². The molecule has 23 heavy (non-hydrogen) atoms. The van der Waals surface area contributed by atoms with Crippen LogP contribution in [0.1, 0.15) is 18.5 Å². The highest BCUT2D eigenvalue weighted by Crippen LogP contribution is 2.20. The van der Waals surface area contributed by atoms with Crippen molar-refractivity contribution in [3.8, 4) is 0 Å². The van der Waals surface area contributed by atoms with Gasteiger partial charge in [0.2, 0.25) is 0 Å². The fourth-order valence-corrected chi connectivity index (χ4v) is 3.12. The van der Waals surface area contributed by atoms with Gasteiger partial charge in [0, 0.05) is 11.8 Å². The molecule has 2 rings (SSSR count). The molecule has 6 heteroatoms. The van der Waals surface area contributed by atoms with Crippen molar-refractivity contribution >= 4 is 21.4 Å². The first-order valence-electron chi connectivity index (χ1n) is 7.35. The van der Waals surface area contributed by atoms with Gasteiger partial charge in [0.05, 0.1) is 10.6 Å². The number of hydrogen-bond donors (Lipinski definition) is 2. The van der Waals surface area contributed by atoms with E-state index >= 15 is 0 Å². The Morgan fingerprint density at radius 1 is 1.09 bits per heavy atom. The van der Waals surface area contributed by atoms with E-state index in [1.54, 1.807) is 18.2 Å². The van der Waals surface area contributed by atoms with E-state index in [0.717, 1.165) is 11.8 Å². The van der Waals surface area contributed by atoms with Gasteiger partial charge in [-0.25, -0.2) is 8.42 Å². The summed E-state index contributed by atoms with van der Waals surface area (Å²) in [6.07, 6.45) is 1.13. The van der Waals surface area contributed by atoms with Crippen molar-refractivity contribution < 1.29 is 18.5 Å². The Labute approximate surface area is 136 Å². The van der Waals surface area contributed by atoms with Gasteiger partial charge in [-0.15, -0.1) is 0 Å². The third kappa shape index (κ3) is 4.91. The van der Waals surface area contributed by atoms with Crippen molar-refractivity contribution in [3.05, 3.63) is 60.2 Å². The van der Waals surface area contributed by atoms with E-state index in [4.69, 9.17) is 0 Å². The Bertz CT molecular complexity index is 773. The second-order valence-electron chi connectivity index (χ2n) is 5.46.